The van der Waals surface area contributed by atoms with Gasteiger partial charge in [0.25, 0.3) is 0 Å². The van der Waals surface area contributed by atoms with Gasteiger partial charge in [-0.05, 0) is 31.5 Å². The van der Waals surface area contributed by atoms with Gasteiger partial charge in [0, 0.05) is 0 Å². The van der Waals surface area contributed by atoms with Gasteiger partial charge in [0.15, 0.2) is 5.78 Å². The second-order valence-electron chi connectivity index (χ2n) is 3.18. The third kappa shape index (κ3) is 2.35. The van der Waals surface area contributed by atoms with Crippen molar-refractivity contribution in [2.45, 2.75) is 18.7 Å². The Morgan fingerprint density at radius 1 is 1.50 bits per heavy atom. The number of aryl methyl sites for hydroxylation is 1. The molecule has 2 nitrogen and oxygen atoms in total. The van der Waals surface area contributed by atoms with Crippen LogP contribution in [0.4, 0.5) is 0 Å². The molecule has 1 atom stereocenters. The number of ether oxygens (including phenoxy) is 1. The van der Waals surface area contributed by atoms with Crippen molar-refractivity contribution in [2.75, 3.05) is 7.11 Å². The van der Waals surface area contributed by atoms with Crippen LogP contribution in [0.2, 0.25) is 0 Å². The summed E-state index contributed by atoms with van der Waals surface area (Å²) in [6.07, 6.45) is 0. The number of rotatable bonds is 3. The highest BCUT2D eigenvalue weighted by Crippen LogP contribution is 2.22. The molecule has 0 aliphatic heterocycles. The quantitative estimate of drug-likeness (QED) is 0.614. The molecule has 1 rings (SSSR count). The van der Waals surface area contributed by atoms with Crippen LogP contribution in [0.3, 0.4) is 0 Å². The fourth-order valence-corrected chi connectivity index (χ4v) is 1.46. The van der Waals surface area contributed by atoms with Crippen molar-refractivity contribution in [1.82, 2.24) is 0 Å². The van der Waals surface area contributed by atoms with E-state index in [1.54, 1.807) is 13.2 Å². The summed E-state index contributed by atoms with van der Waals surface area (Å²) in [5.41, 5.74) is 1.71. The lowest BCUT2D eigenvalue weighted by atomic mass is 10.1. The number of carbonyl (C=O) groups excluding carboxylic acids is 1. The molecule has 0 N–H and O–H groups in total. The standard InChI is InChI=1S/C11H13BrO2/c1-7-4-5-9(10(6-7)14-3)11(13)8(2)12/h4-6,8H,1-3H3. The van der Waals surface area contributed by atoms with Gasteiger partial charge in [0.05, 0.1) is 17.5 Å². The SMILES string of the molecule is COc1cc(C)ccc1C(=O)C(C)Br. The van der Waals surface area contributed by atoms with Crippen molar-refractivity contribution in [2.24, 2.45) is 0 Å². The van der Waals surface area contributed by atoms with Gasteiger partial charge in [-0.1, -0.05) is 22.0 Å². The van der Waals surface area contributed by atoms with Crippen molar-refractivity contribution in [3.05, 3.63) is 29.3 Å². The summed E-state index contributed by atoms with van der Waals surface area (Å²) in [5, 5.41) is 0. The number of hydrogen-bond acceptors (Lipinski definition) is 2. The number of Topliss-reactive ketones (excluding diaryl/α,β-unsaturated/α-hetero) is 1. The highest BCUT2D eigenvalue weighted by Gasteiger charge is 2.16. The first-order valence-electron chi connectivity index (χ1n) is 4.39. The van der Waals surface area contributed by atoms with Crippen LogP contribution in [0.15, 0.2) is 18.2 Å². The van der Waals surface area contributed by atoms with E-state index in [-0.39, 0.29) is 10.6 Å². The summed E-state index contributed by atoms with van der Waals surface area (Å²) in [6, 6.07) is 5.57. The molecule has 0 saturated carbocycles. The average molecular weight is 257 g/mol. The highest BCUT2D eigenvalue weighted by molar-refractivity contribution is 9.10. The zero-order valence-electron chi connectivity index (χ0n) is 8.50. The molecule has 0 spiro atoms. The Hall–Kier alpha value is -0.830. The van der Waals surface area contributed by atoms with Gasteiger partial charge < -0.3 is 4.74 Å². The van der Waals surface area contributed by atoms with Gasteiger partial charge >= 0.3 is 0 Å². The van der Waals surface area contributed by atoms with Crippen molar-refractivity contribution < 1.29 is 9.53 Å². The maximum Gasteiger partial charge on any atom is 0.179 e. The number of ketones is 1. The van der Waals surface area contributed by atoms with Gasteiger partial charge in [-0.3, -0.25) is 4.79 Å². The Kier molecular flexibility index (Phi) is 3.69. The van der Waals surface area contributed by atoms with E-state index in [4.69, 9.17) is 4.74 Å². The van der Waals surface area contributed by atoms with Crippen LogP contribution in [0.1, 0.15) is 22.8 Å². The smallest absolute Gasteiger partial charge is 0.179 e. The molecule has 0 radical (unpaired) electrons. The van der Waals surface area contributed by atoms with Gasteiger partial charge in [-0.15, -0.1) is 0 Å². The molecule has 0 amide bonds. The summed E-state index contributed by atoms with van der Waals surface area (Å²) in [6.45, 7) is 3.77. The monoisotopic (exact) mass is 256 g/mol. The first-order chi connectivity index (χ1) is 6.56. The van der Waals surface area contributed by atoms with Crippen molar-refractivity contribution in [3.63, 3.8) is 0 Å². The maximum atomic E-state index is 11.7. The van der Waals surface area contributed by atoms with Gasteiger partial charge in [-0.2, -0.15) is 0 Å². The molecule has 0 saturated heterocycles. The van der Waals surface area contributed by atoms with E-state index in [0.717, 1.165) is 5.56 Å². The summed E-state index contributed by atoms with van der Waals surface area (Å²) >= 11 is 3.25. The lowest BCUT2D eigenvalue weighted by Gasteiger charge is -2.09. The molecular formula is C11H13BrO2. The minimum Gasteiger partial charge on any atom is -0.496 e. The van der Waals surface area contributed by atoms with Gasteiger partial charge in [0.1, 0.15) is 5.75 Å². The molecule has 0 bridgehead atoms. The Morgan fingerprint density at radius 3 is 2.64 bits per heavy atom. The Labute approximate surface area is 92.4 Å². The molecule has 0 heterocycles. The fraction of sp³-hybridized carbons (Fsp3) is 0.364. The summed E-state index contributed by atoms with van der Waals surface area (Å²) in [7, 11) is 1.57. The Morgan fingerprint density at radius 2 is 2.14 bits per heavy atom. The molecule has 76 valence electrons. The predicted molar refractivity (Wildman–Crippen MR) is 60.5 cm³/mol. The van der Waals surface area contributed by atoms with Crippen LogP contribution in [0.5, 0.6) is 5.75 Å². The molecular weight excluding hydrogens is 244 g/mol. The third-order valence-electron chi connectivity index (χ3n) is 1.98. The van der Waals surface area contributed by atoms with Crippen molar-refractivity contribution in [3.8, 4) is 5.75 Å². The molecule has 0 fully saturated rings. The lowest BCUT2D eigenvalue weighted by Crippen LogP contribution is -2.11. The minimum absolute atomic E-state index is 0.0434. The van der Waals surface area contributed by atoms with Crippen molar-refractivity contribution >= 4 is 21.7 Å². The zero-order valence-corrected chi connectivity index (χ0v) is 10.1. The molecule has 0 aliphatic rings. The molecule has 14 heavy (non-hydrogen) atoms. The van der Waals surface area contributed by atoms with Crippen LogP contribution in [-0.2, 0) is 0 Å². The number of hydrogen-bond donors (Lipinski definition) is 0. The largest absolute Gasteiger partial charge is 0.496 e. The second-order valence-corrected chi connectivity index (χ2v) is 4.56. The highest BCUT2D eigenvalue weighted by atomic mass is 79.9. The van der Waals surface area contributed by atoms with Crippen LogP contribution in [0, 0.1) is 6.92 Å². The van der Waals surface area contributed by atoms with E-state index in [0.29, 0.717) is 11.3 Å². The van der Waals surface area contributed by atoms with Crippen LogP contribution < -0.4 is 4.74 Å². The molecule has 1 unspecified atom stereocenters. The third-order valence-corrected chi connectivity index (χ3v) is 2.40. The lowest BCUT2D eigenvalue weighted by molar-refractivity contribution is 0.0993. The van der Waals surface area contributed by atoms with E-state index >= 15 is 0 Å². The Balaban J connectivity index is 3.14. The molecule has 1 aromatic rings. The first kappa shape index (κ1) is 11.2. The first-order valence-corrected chi connectivity index (χ1v) is 5.30. The summed E-state index contributed by atoms with van der Waals surface area (Å²) in [5.74, 6) is 0.683. The average Bonchev–Trinajstić information content (AvgIpc) is 2.16. The topological polar surface area (TPSA) is 26.3 Å². The number of halogens is 1. The van der Waals surface area contributed by atoms with Crippen molar-refractivity contribution in [1.29, 1.82) is 0 Å². The van der Waals surface area contributed by atoms with Gasteiger partial charge in [0.2, 0.25) is 0 Å². The molecule has 3 heteroatoms. The van der Waals surface area contributed by atoms with Crippen LogP contribution >= 0.6 is 15.9 Å². The van der Waals surface area contributed by atoms with E-state index < -0.39 is 0 Å². The molecule has 0 aromatic heterocycles. The number of benzene rings is 1. The van der Waals surface area contributed by atoms with E-state index in [1.165, 1.54) is 0 Å². The van der Waals surface area contributed by atoms with Crippen LogP contribution in [-0.4, -0.2) is 17.7 Å². The number of carbonyl (C=O) groups is 1. The minimum atomic E-state index is -0.181. The number of alkyl halides is 1. The van der Waals surface area contributed by atoms with E-state index in [1.807, 2.05) is 26.0 Å². The summed E-state index contributed by atoms with van der Waals surface area (Å²) < 4.78 is 5.16. The Bertz CT molecular complexity index is 345. The molecule has 0 aliphatic carbocycles. The normalized spacial score (nSPS) is 12.3. The fourth-order valence-electron chi connectivity index (χ4n) is 1.22. The van der Waals surface area contributed by atoms with Gasteiger partial charge in [-0.25, -0.2) is 0 Å². The second kappa shape index (κ2) is 4.60. The maximum absolute atomic E-state index is 11.7. The van der Waals surface area contributed by atoms with E-state index in [2.05, 4.69) is 15.9 Å². The van der Waals surface area contributed by atoms with Crippen LogP contribution in [0.25, 0.3) is 0 Å². The number of methoxy groups -OCH3 is 1. The predicted octanol–water partition coefficient (Wildman–Crippen LogP) is 2.97. The molecule has 1 aromatic carbocycles. The van der Waals surface area contributed by atoms with E-state index in [9.17, 15) is 4.79 Å². The summed E-state index contributed by atoms with van der Waals surface area (Å²) in [4.78, 5) is 11.5. The zero-order chi connectivity index (χ0) is 10.7.